The number of furan rings is 1. The van der Waals surface area contributed by atoms with Gasteiger partial charge in [0.15, 0.2) is 5.78 Å². The van der Waals surface area contributed by atoms with Crippen LogP contribution in [0, 0.1) is 0 Å². The van der Waals surface area contributed by atoms with Crippen molar-refractivity contribution in [2.45, 2.75) is 46.1 Å². The molecule has 0 spiro atoms. The summed E-state index contributed by atoms with van der Waals surface area (Å²) in [7, 11) is 0. The van der Waals surface area contributed by atoms with Crippen molar-refractivity contribution < 1.29 is 13.9 Å². The lowest BCUT2D eigenvalue weighted by atomic mass is 9.96. The van der Waals surface area contributed by atoms with Crippen LogP contribution in [0.25, 0.3) is 11.0 Å². The maximum atomic E-state index is 13.2. The molecule has 0 saturated carbocycles. The summed E-state index contributed by atoms with van der Waals surface area (Å²) in [5.41, 5.74) is 2.12. The molecule has 156 valence electrons. The first-order chi connectivity index (χ1) is 13.3. The van der Waals surface area contributed by atoms with E-state index >= 15 is 0 Å². The first-order valence-corrected chi connectivity index (χ1v) is 9.80. The monoisotopic (exact) mass is 415 g/mol. The number of ether oxygens (including phenoxy) is 1. The zero-order valence-corrected chi connectivity index (χ0v) is 18.6. The van der Waals surface area contributed by atoms with Crippen LogP contribution in [0.15, 0.2) is 52.9 Å². The number of halogens is 1. The molecule has 0 unspecified atom stereocenters. The molecule has 1 heterocycles. The Morgan fingerprint density at radius 1 is 1.07 bits per heavy atom. The van der Waals surface area contributed by atoms with Crippen LogP contribution in [-0.4, -0.2) is 24.5 Å². The van der Waals surface area contributed by atoms with Gasteiger partial charge < -0.3 is 14.5 Å². The molecule has 0 bridgehead atoms. The van der Waals surface area contributed by atoms with Crippen molar-refractivity contribution in [3.63, 3.8) is 0 Å². The van der Waals surface area contributed by atoms with Crippen molar-refractivity contribution in [1.82, 2.24) is 5.32 Å². The van der Waals surface area contributed by atoms with Gasteiger partial charge in [0.2, 0.25) is 0 Å². The fourth-order valence-corrected chi connectivity index (χ4v) is 3.15. The summed E-state index contributed by atoms with van der Waals surface area (Å²) < 4.78 is 11.7. The predicted molar refractivity (Wildman–Crippen MR) is 121 cm³/mol. The maximum Gasteiger partial charge on any atom is 0.197 e. The highest BCUT2D eigenvalue weighted by atomic mass is 35.5. The van der Waals surface area contributed by atoms with Gasteiger partial charge in [-0.05, 0) is 51.1 Å². The number of ketones is 1. The Morgan fingerprint density at radius 3 is 2.34 bits per heavy atom. The third kappa shape index (κ3) is 5.62. The van der Waals surface area contributed by atoms with Crippen molar-refractivity contribution in [2.75, 3.05) is 13.2 Å². The molecule has 0 aliphatic heterocycles. The molecule has 1 N–H and O–H groups in total. The lowest BCUT2D eigenvalue weighted by molar-refractivity contribution is 0.103. The van der Waals surface area contributed by atoms with E-state index in [2.05, 4.69) is 26.1 Å². The first kappa shape index (κ1) is 23.0. The molecular weight excluding hydrogens is 386 g/mol. The molecule has 0 atom stereocenters. The topological polar surface area (TPSA) is 51.5 Å². The fourth-order valence-electron chi connectivity index (χ4n) is 3.15. The van der Waals surface area contributed by atoms with Crippen LogP contribution >= 0.6 is 12.4 Å². The second-order valence-electron chi connectivity index (χ2n) is 8.37. The number of hydrogen-bond acceptors (Lipinski definition) is 4. The van der Waals surface area contributed by atoms with Gasteiger partial charge in [0, 0.05) is 29.0 Å². The Morgan fingerprint density at radius 2 is 1.72 bits per heavy atom. The van der Waals surface area contributed by atoms with E-state index in [0.717, 1.165) is 29.0 Å². The number of rotatable bonds is 7. The van der Waals surface area contributed by atoms with Crippen LogP contribution in [-0.2, 0) is 0 Å². The van der Waals surface area contributed by atoms with E-state index < -0.39 is 0 Å². The van der Waals surface area contributed by atoms with E-state index in [-0.39, 0.29) is 29.6 Å². The summed E-state index contributed by atoms with van der Waals surface area (Å²) in [6, 6.07) is 15.0. The molecule has 29 heavy (non-hydrogen) atoms. The predicted octanol–water partition coefficient (Wildman–Crippen LogP) is 5.98. The van der Waals surface area contributed by atoms with Gasteiger partial charge in [-0.3, -0.25) is 4.79 Å². The summed E-state index contributed by atoms with van der Waals surface area (Å²) in [5, 5.41) is 4.25. The van der Waals surface area contributed by atoms with Crippen LogP contribution in [0.2, 0.25) is 0 Å². The zero-order valence-electron chi connectivity index (χ0n) is 17.7. The van der Waals surface area contributed by atoms with Crippen LogP contribution in [0.5, 0.6) is 5.75 Å². The molecular formula is C24H30ClNO3. The van der Waals surface area contributed by atoms with Gasteiger partial charge in [-0.25, -0.2) is 0 Å². The summed E-state index contributed by atoms with van der Waals surface area (Å²) in [6.07, 6.45) is 0. The third-order valence-electron chi connectivity index (χ3n) is 4.52. The molecule has 1 aromatic heterocycles. The number of benzene rings is 2. The van der Waals surface area contributed by atoms with E-state index in [0.29, 0.717) is 17.7 Å². The highest BCUT2D eigenvalue weighted by Crippen LogP contribution is 2.32. The van der Waals surface area contributed by atoms with Crippen LogP contribution in [0.3, 0.4) is 0 Å². The van der Waals surface area contributed by atoms with E-state index in [1.165, 1.54) is 0 Å². The quantitative estimate of drug-likeness (QED) is 0.381. The van der Waals surface area contributed by atoms with Crippen LogP contribution in [0.1, 0.15) is 62.2 Å². The Labute approximate surface area is 179 Å². The Hall–Kier alpha value is -2.30. The van der Waals surface area contributed by atoms with Crippen molar-refractivity contribution in [1.29, 1.82) is 0 Å². The number of para-hydroxylation sites is 1. The largest absolute Gasteiger partial charge is 0.492 e. The molecule has 0 aliphatic carbocycles. The van der Waals surface area contributed by atoms with E-state index in [9.17, 15) is 4.79 Å². The lowest BCUT2D eigenvalue weighted by Gasteiger charge is -2.20. The van der Waals surface area contributed by atoms with Gasteiger partial charge in [0.1, 0.15) is 23.7 Å². The lowest BCUT2D eigenvalue weighted by Crippen LogP contribution is -2.38. The molecule has 0 radical (unpaired) electrons. The zero-order chi connectivity index (χ0) is 20.3. The van der Waals surface area contributed by atoms with Gasteiger partial charge in [-0.1, -0.05) is 32.0 Å². The second-order valence-corrected chi connectivity index (χ2v) is 8.37. The smallest absolute Gasteiger partial charge is 0.197 e. The number of nitrogens with one attached hydrogen (secondary N) is 1. The molecule has 2 aromatic carbocycles. The average molecular weight is 416 g/mol. The highest BCUT2D eigenvalue weighted by molar-refractivity contribution is 6.17. The standard InChI is InChI=1S/C24H29NO3.ClH/c1-16(2)23-21(19-8-6-7-9-20(19)28-23)22(26)17-10-12-18(13-11-17)27-15-14-25-24(3,4)5;/h6-13,16,25H,14-15H2,1-5H3;1H. The SMILES string of the molecule is CC(C)c1oc2ccccc2c1C(=O)c1ccc(OCCNC(C)(C)C)cc1.Cl. The molecule has 4 nitrogen and oxygen atoms in total. The molecule has 5 heteroatoms. The van der Waals surface area contributed by atoms with Crippen molar-refractivity contribution in [3.8, 4) is 5.75 Å². The Kier molecular flexibility index (Phi) is 7.50. The molecule has 0 aliphatic rings. The number of hydrogen-bond donors (Lipinski definition) is 1. The van der Waals surface area contributed by atoms with E-state index in [1.54, 1.807) is 0 Å². The molecule has 0 saturated heterocycles. The Balaban J connectivity index is 0.00000300. The van der Waals surface area contributed by atoms with Crippen molar-refractivity contribution >= 4 is 29.2 Å². The first-order valence-electron chi connectivity index (χ1n) is 9.80. The van der Waals surface area contributed by atoms with Gasteiger partial charge in [0.05, 0.1) is 5.56 Å². The summed E-state index contributed by atoms with van der Waals surface area (Å²) in [5.74, 6) is 1.60. The van der Waals surface area contributed by atoms with Crippen LogP contribution < -0.4 is 10.1 Å². The minimum Gasteiger partial charge on any atom is -0.492 e. The van der Waals surface area contributed by atoms with Gasteiger partial charge in [-0.2, -0.15) is 0 Å². The summed E-state index contributed by atoms with van der Waals surface area (Å²) in [4.78, 5) is 13.2. The molecule has 3 aromatic rings. The second kappa shape index (κ2) is 9.47. The van der Waals surface area contributed by atoms with Crippen molar-refractivity contribution in [3.05, 3.63) is 65.4 Å². The van der Waals surface area contributed by atoms with Gasteiger partial charge in [-0.15, -0.1) is 12.4 Å². The summed E-state index contributed by atoms with van der Waals surface area (Å²) in [6.45, 7) is 11.8. The minimum atomic E-state index is -0.0189. The highest BCUT2D eigenvalue weighted by Gasteiger charge is 2.23. The molecule has 3 rings (SSSR count). The summed E-state index contributed by atoms with van der Waals surface area (Å²) >= 11 is 0. The number of fused-ring (bicyclic) bond motifs is 1. The normalized spacial score (nSPS) is 11.5. The number of carbonyl (C=O) groups excluding carboxylic acids is 1. The average Bonchev–Trinajstić information content (AvgIpc) is 3.04. The van der Waals surface area contributed by atoms with E-state index in [1.807, 2.05) is 62.4 Å². The van der Waals surface area contributed by atoms with Gasteiger partial charge >= 0.3 is 0 Å². The maximum absolute atomic E-state index is 13.2. The van der Waals surface area contributed by atoms with Crippen molar-refractivity contribution in [2.24, 2.45) is 0 Å². The van der Waals surface area contributed by atoms with Gasteiger partial charge in [0.25, 0.3) is 0 Å². The molecule has 0 fully saturated rings. The third-order valence-corrected chi connectivity index (χ3v) is 4.52. The minimum absolute atomic E-state index is 0. The fraction of sp³-hybridized carbons (Fsp3) is 0.375. The molecule has 0 amide bonds. The van der Waals surface area contributed by atoms with Crippen LogP contribution in [0.4, 0.5) is 0 Å². The Bertz CT molecular complexity index is 952. The van der Waals surface area contributed by atoms with E-state index in [4.69, 9.17) is 9.15 Å². The number of carbonyl (C=O) groups is 1.